The molecule has 1 aromatic carbocycles. The first kappa shape index (κ1) is 25.6. The number of unbranched alkanes of at least 4 members (excludes halogenated alkanes) is 5. The summed E-state index contributed by atoms with van der Waals surface area (Å²) in [6.07, 6.45) is 7.32. The highest BCUT2D eigenvalue weighted by Gasteiger charge is 2.28. The van der Waals surface area contributed by atoms with E-state index < -0.39 is 10.0 Å². The molecule has 0 spiro atoms. The Morgan fingerprint density at radius 3 is 2.15 bits per heavy atom. The van der Waals surface area contributed by atoms with Gasteiger partial charge in [-0.15, -0.1) is 0 Å². The van der Waals surface area contributed by atoms with Crippen LogP contribution in [0.5, 0.6) is 0 Å². The summed E-state index contributed by atoms with van der Waals surface area (Å²) in [6, 6.07) is 8.58. The molecule has 0 unspecified atom stereocenters. The lowest BCUT2D eigenvalue weighted by atomic mass is 10.0. The maximum atomic E-state index is 12.8. The Morgan fingerprint density at radius 1 is 0.848 bits per heavy atom. The minimum absolute atomic E-state index is 0.267. The molecule has 0 aliphatic carbocycles. The molecule has 182 valence electrons. The van der Waals surface area contributed by atoms with Crippen molar-refractivity contribution in [3.8, 4) is 0 Å². The second kappa shape index (κ2) is 11.9. The Balaban J connectivity index is 1.63. The maximum absolute atomic E-state index is 12.8. The summed E-state index contributed by atoms with van der Waals surface area (Å²) < 4.78 is 27.4. The third-order valence-corrected chi connectivity index (χ3v) is 8.45. The Hall–Kier alpha value is -1.99. The van der Waals surface area contributed by atoms with Gasteiger partial charge in [0.2, 0.25) is 10.0 Å². The summed E-state index contributed by atoms with van der Waals surface area (Å²) in [7, 11) is -3.19. The van der Waals surface area contributed by atoms with Crippen LogP contribution in [0.25, 0.3) is 0 Å². The second-order valence-corrected chi connectivity index (χ2v) is 11.4. The van der Waals surface area contributed by atoms with E-state index in [2.05, 4.69) is 48.0 Å². The summed E-state index contributed by atoms with van der Waals surface area (Å²) >= 11 is 0. The van der Waals surface area contributed by atoms with Gasteiger partial charge in [0.05, 0.1) is 5.75 Å². The van der Waals surface area contributed by atoms with Crippen molar-refractivity contribution >= 4 is 15.8 Å². The van der Waals surface area contributed by atoms with Gasteiger partial charge in [0.1, 0.15) is 11.6 Å². The van der Waals surface area contributed by atoms with Crippen molar-refractivity contribution in [2.24, 2.45) is 0 Å². The zero-order valence-corrected chi connectivity index (χ0v) is 21.6. The summed E-state index contributed by atoms with van der Waals surface area (Å²) in [5.74, 6) is 1.98. The first-order valence-corrected chi connectivity index (χ1v) is 14.0. The average Bonchev–Trinajstić information content (AvgIpc) is 2.79. The zero-order valence-electron chi connectivity index (χ0n) is 20.8. The van der Waals surface area contributed by atoms with Gasteiger partial charge in [-0.05, 0) is 32.8 Å². The van der Waals surface area contributed by atoms with Gasteiger partial charge in [-0.25, -0.2) is 18.4 Å². The number of rotatable bonds is 11. The molecule has 33 heavy (non-hydrogen) atoms. The van der Waals surface area contributed by atoms with Gasteiger partial charge in [0, 0.05) is 43.9 Å². The molecule has 7 heteroatoms. The topological polar surface area (TPSA) is 66.4 Å². The predicted molar refractivity (Wildman–Crippen MR) is 136 cm³/mol. The van der Waals surface area contributed by atoms with Crippen LogP contribution in [0.1, 0.15) is 73.7 Å². The number of benzene rings is 1. The van der Waals surface area contributed by atoms with Gasteiger partial charge in [-0.2, -0.15) is 4.31 Å². The number of sulfonamides is 1. The molecule has 0 atom stereocenters. The van der Waals surface area contributed by atoms with E-state index in [9.17, 15) is 8.42 Å². The molecule has 2 heterocycles. The van der Waals surface area contributed by atoms with Crippen LogP contribution in [0.2, 0.25) is 0 Å². The minimum atomic E-state index is -3.19. The molecular formula is C26H40N4O2S. The van der Waals surface area contributed by atoms with Crippen LogP contribution >= 0.6 is 0 Å². The molecular weight excluding hydrogens is 432 g/mol. The summed E-state index contributed by atoms with van der Waals surface area (Å²) in [4.78, 5) is 11.6. The fourth-order valence-corrected chi connectivity index (χ4v) is 6.02. The van der Waals surface area contributed by atoms with Crippen LogP contribution < -0.4 is 4.90 Å². The highest BCUT2D eigenvalue weighted by molar-refractivity contribution is 7.89. The molecule has 0 bridgehead atoms. The van der Waals surface area contributed by atoms with Crippen LogP contribution in [0.4, 0.5) is 5.82 Å². The first-order chi connectivity index (χ1) is 15.8. The van der Waals surface area contributed by atoms with E-state index in [1.165, 1.54) is 30.4 Å². The predicted octanol–water partition coefficient (Wildman–Crippen LogP) is 4.80. The van der Waals surface area contributed by atoms with Crippen molar-refractivity contribution in [1.29, 1.82) is 0 Å². The number of hydrogen-bond acceptors (Lipinski definition) is 5. The lowest BCUT2D eigenvalue weighted by Gasteiger charge is -2.36. The Kier molecular flexibility index (Phi) is 9.27. The molecule has 0 amide bonds. The molecule has 1 aliphatic rings. The quantitative estimate of drug-likeness (QED) is 0.439. The summed E-state index contributed by atoms with van der Waals surface area (Å²) in [6.45, 7) is 10.6. The SMILES string of the molecule is CCCCCCCCS(=O)(=O)N1CCN(c2nc(C)nc(C)c2Cc2ccc(C)cc2)CC1. The molecule has 1 saturated heterocycles. The van der Waals surface area contributed by atoms with Gasteiger partial charge in [0.25, 0.3) is 0 Å². The van der Waals surface area contributed by atoms with Crippen molar-refractivity contribution in [1.82, 2.24) is 14.3 Å². The molecule has 1 aliphatic heterocycles. The van der Waals surface area contributed by atoms with Crippen LogP contribution in [0.15, 0.2) is 24.3 Å². The number of anilines is 1. The Morgan fingerprint density at radius 2 is 1.48 bits per heavy atom. The van der Waals surface area contributed by atoms with Crippen molar-refractivity contribution in [2.75, 3.05) is 36.8 Å². The van der Waals surface area contributed by atoms with Crippen molar-refractivity contribution < 1.29 is 8.42 Å². The van der Waals surface area contributed by atoms with E-state index in [1.54, 1.807) is 4.31 Å². The molecule has 3 rings (SSSR count). The zero-order chi connectivity index (χ0) is 23.8. The van der Waals surface area contributed by atoms with Gasteiger partial charge >= 0.3 is 0 Å². The third-order valence-electron chi connectivity index (χ3n) is 6.49. The number of aryl methyl sites for hydroxylation is 3. The molecule has 1 fully saturated rings. The van der Waals surface area contributed by atoms with Crippen molar-refractivity contribution in [3.63, 3.8) is 0 Å². The normalized spacial score (nSPS) is 15.2. The fourth-order valence-electron chi connectivity index (χ4n) is 4.47. The second-order valence-electron chi connectivity index (χ2n) is 9.29. The molecule has 2 aromatic rings. The third kappa shape index (κ3) is 7.24. The maximum Gasteiger partial charge on any atom is 0.214 e. The smallest absolute Gasteiger partial charge is 0.214 e. The van der Waals surface area contributed by atoms with Crippen molar-refractivity contribution in [3.05, 3.63) is 52.5 Å². The standard InChI is InChI=1S/C26H40N4O2S/c1-5-6-7-8-9-10-19-33(31,32)30-17-15-29(16-18-30)26-25(22(3)27-23(4)28-26)20-24-13-11-21(2)12-14-24/h11-14H,5-10,15-20H2,1-4H3. The lowest BCUT2D eigenvalue weighted by Crippen LogP contribution is -2.49. The average molecular weight is 473 g/mol. The Labute approximate surface area is 200 Å². The van der Waals surface area contributed by atoms with Gasteiger partial charge in [-0.1, -0.05) is 68.9 Å². The molecule has 0 N–H and O–H groups in total. The van der Waals surface area contributed by atoms with Crippen molar-refractivity contribution in [2.45, 2.75) is 72.6 Å². The van der Waals surface area contributed by atoms with E-state index in [-0.39, 0.29) is 5.75 Å². The lowest BCUT2D eigenvalue weighted by molar-refractivity contribution is 0.382. The molecule has 6 nitrogen and oxygen atoms in total. The highest BCUT2D eigenvalue weighted by atomic mass is 32.2. The van der Waals surface area contributed by atoms with Crippen LogP contribution in [-0.2, 0) is 16.4 Å². The fraction of sp³-hybridized carbons (Fsp3) is 0.615. The first-order valence-electron chi connectivity index (χ1n) is 12.4. The monoisotopic (exact) mass is 472 g/mol. The highest BCUT2D eigenvalue weighted by Crippen LogP contribution is 2.26. The van der Waals surface area contributed by atoms with Crippen LogP contribution in [0, 0.1) is 20.8 Å². The van der Waals surface area contributed by atoms with E-state index in [4.69, 9.17) is 4.98 Å². The molecule has 0 radical (unpaired) electrons. The molecule has 0 saturated carbocycles. The van der Waals surface area contributed by atoms with E-state index in [1.807, 2.05) is 13.8 Å². The van der Waals surface area contributed by atoms with E-state index >= 15 is 0 Å². The van der Waals surface area contributed by atoms with Crippen LogP contribution in [-0.4, -0.2) is 54.6 Å². The largest absolute Gasteiger partial charge is 0.354 e. The van der Waals surface area contributed by atoms with Gasteiger partial charge in [-0.3, -0.25) is 0 Å². The molecule has 1 aromatic heterocycles. The number of aromatic nitrogens is 2. The summed E-state index contributed by atoms with van der Waals surface area (Å²) in [5, 5.41) is 0. The number of piperazine rings is 1. The van der Waals surface area contributed by atoms with E-state index in [0.29, 0.717) is 26.2 Å². The summed E-state index contributed by atoms with van der Waals surface area (Å²) in [5.41, 5.74) is 4.61. The van der Waals surface area contributed by atoms with Gasteiger partial charge in [0.15, 0.2) is 0 Å². The number of hydrogen-bond donors (Lipinski definition) is 0. The van der Waals surface area contributed by atoms with Crippen LogP contribution in [0.3, 0.4) is 0 Å². The van der Waals surface area contributed by atoms with Gasteiger partial charge < -0.3 is 4.90 Å². The van der Waals surface area contributed by atoms with E-state index in [0.717, 1.165) is 48.6 Å². The Bertz CT molecular complexity index is 998. The minimum Gasteiger partial charge on any atom is -0.354 e. The number of nitrogens with zero attached hydrogens (tertiary/aromatic N) is 4.